The molecule has 2 N–H and O–H groups in total. The van der Waals surface area contributed by atoms with Gasteiger partial charge in [-0.2, -0.15) is 0 Å². The molecule has 0 fully saturated rings. The monoisotopic (exact) mass is 386 g/mol. The Morgan fingerprint density at radius 1 is 0.786 bits per heavy atom. The Hall–Kier alpha value is -3.43. The smallest absolute Gasteiger partial charge is 0.376 e. The van der Waals surface area contributed by atoms with Crippen molar-refractivity contribution >= 4 is 17.4 Å². The zero-order valence-corrected chi connectivity index (χ0v) is 15.7. The van der Waals surface area contributed by atoms with Crippen LogP contribution >= 0.6 is 11.6 Å². The summed E-state index contributed by atoms with van der Waals surface area (Å²) in [6.45, 7) is 0. The van der Waals surface area contributed by atoms with Crippen molar-refractivity contribution < 1.29 is 14.6 Å². The van der Waals surface area contributed by atoms with Gasteiger partial charge >= 0.3 is 5.55 Å². The van der Waals surface area contributed by atoms with E-state index in [0.717, 1.165) is 16.7 Å². The van der Waals surface area contributed by atoms with E-state index in [1.807, 2.05) is 66.7 Å². The number of hydrogen-bond acceptors (Lipinski definition) is 2. The van der Waals surface area contributed by atoms with Gasteiger partial charge in [0.1, 0.15) is 11.3 Å². The van der Waals surface area contributed by atoms with E-state index >= 15 is 0 Å². The molecule has 1 heterocycles. The van der Waals surface area contributed by atoms with Crippen molar-refractivity contribution in [3.8, 4) is 22.5 Å². The summed E-state index contributed by atoms with van der Waals surface area (Å²) in [5.74, 6) is 0.390. The lowest BCUT2D eigenvalue weighted by atomic mass is 9.94. The highest BCUT2D eigenvalue weighted by atomic mass is 35.5. The van der Waals surface area contributed by atoms with Gasteiger partial charge in [0.15, 0.2) is 0 Å². The molecule has 0 aliphatic heterocycles. The van der Waals surface area contributed by atoms with E-state index in [0.29, 0.717) is 21.9 Å². The number of carbonyl (C=O) groups excluding carboxylic acids is 1. The fourth-order valence-electron chi connectivity index (χ4n) is 3.10. The third-order valence-corrected chi connectivity index (χ3v) is 4.74. The molecule has 28 heavy (non-hydrogen) atoms. The van der Waals surface area contributed by atoms with Crippen LogP contribution in [0.1, 0.15) is 15.9 Å². The second kappa shape index (κ2) is 7.67. The minimum absolute atomic E-state index is 0.0835. The minimum atomic E-state index is -0.212. The van der Waals surface area contributed by atoms with Gasteiger partial charge in [-0.3, -0.25) is 4.79 Å². The van der Waals surface area contributed by atoms with Crippen molar-refractivity contribution in [3.05, 3.63) is 113 Å². The molecule has 0 saturated heterocycles. The summed E-state index contributed by atoms with van der Waals surface area (Å²) in [4.78, 5) is 13.2. The molecule has 4 rings (SSSR count). The molecule has 0 aliphatic rings. The zero-order chi connectivity index (χ0) is 19.5. The summed E-state index contributed by atoms with van der Waals surface area (Å²) in [5.41, 5.74) is 3.42. The molecule has 0 atom stereocenters. The molecule has 3 aromatic carbocycles. The van der Waals surface area contributed by atoms with E-state index in [1.54, 1.807) is 24.3 Å². The third kappa shape index (κ3) is 3.53. The van der Waals surface area contributed by atoms with Gasteiger partial charge in [0, 0.05) is 21.7 Å². The van der Waals surface area contributed by atoms with Crippen LogP contribution in [0.5, 0.6) is 0 Å². The molecule has 0 unspecified atom stereocenters. The number of nitrogens with two attached hydrogens (primary N) is 1. The molecule has 0 spiro atoms. The number of carbonyl (C=O) groups is 1. The van der Waals surface area contributed by atoms with Gasteiger partial charge in [-0.25, -0.2) is 5.41 Å². The molecule has 1 aromatic heterocycles. The number of ketones is 1. The van der Waals surface area contributed by atoms with Crippen LogP contribution in [-0.2, 0) is 0 Å². The van der Waals surface area contributed by atoms with Gasteiger partial charge in [-0.15, -0.1) is 0 Å². The van der Waals surface area contributed by atoms with Crippen LogP contribution in [0.25, 0.3) is 22.5 Å². The highest BCUT2D eigenvalue weighted by Gasteiger charge is 2.23. The summed E-state index contributed by atoms with van der Waals surface area (Å²) in [6.07, 6.45) is 0. The van der Waals surface area contributed by atoms with Crippen molar-refractivity contribution in [2.45, 2.75) is 0 Å². The van der Waals surface area contributed by atoms with Crippen molar-refractivity contribution in [2.24, 2.45) is 0 Å². The Bertz CT molecular complexity index is 1180. The molecule has 0 bridgehead atoms. The van der Waals surface area contributed by atoms with Crippen molar-refractivity contribution in [1.82, 2.24) is 0 Å². The third-order valence-electron chi connectivity index (χ3n) is 4.49. The first-order valence-corrected chi connectivity index (χ1v) is 9.19. The first-order chi connectivity index (χ1) is 13.6. The maximum Gasteiger partial charge on any atom is 0.376 e. The summed E-state index contributed by atoms with van der Waals surface area (Å²) < 4.78 is 5.85. The van der Waals surface area contributed by atoms with Crippen LogP contribution < -0.4 is 11.0 Å². The lowest BCUT2D eigenvalue weighted by Gasteiger charge is -2.10. The minimum Gasteiger partial charge on any atom is -0.404 e. The number of rotatable bonds is 4. The molecule has 4 heteroatoms. The van der Waals surface area contributed by atoms with Gasteiger partial charge in [0.2, 0.25) is 5.78 Å². The van der Waals surface area contributed by atoms with E-state index in [9.17, 15) is 4.79 Å². The molecule has 3 nitrogen and oxygen atoms in total. The van der Waals surface area contributed by atoms with E-state index < -0.39 is 0 Å². The molecule has 0 amide bonds. The topological polar surface area (TPSA) is 55.8 Å². The number of halogens is 1. The first kappa shape index (κ1) is 18.0. The van der Waals surface area contributed by atoms with Crippen molar-refractivity contribution in [3.63, 3.8) is 0 Å². The average Bonchev–Trinajstić information content (AvgIpc) is 2.74. The lowest BCUT2D eigenvalue weighted by molar-refractivity contribution is -0.198. The van der Waals surface area contributed by atoms with E-state index in [-0.39, 0.29) is 11.3 Å². The largest absolute Gasteiger partial charge is 0.404 e. The standard InChI is InChI=1S/C24H16ClNO2/c25-19-13-11-18(12-14-19)23(27)22-20(16-7-3-1-4-8-16)15-21(28-24(22)26)17-9-5-2-6-10-17/h1-15,26H/p+1. The van der Waals surface area contributed by atoms with Crippen LogP contribution in [0.4, 0.5) is 0 Å². The fraction of sp³-hybridized carbons (Fsp3) is 0. The summed E-state index contributed by atoms with van der Waals surface area (Å²) in [5, 5.41) is 6.82. The van der Waals surface area contributed by atoms with E-state index in [2.05, 4.69) is 0 Å². The predicted molar refractivity (Wildman–Crippen MR) is 110 cm³/mol. The Kier molecular flexibility index (Phi) is 4.92. The summed E-state index contributed by atoms with van der Waals surface area (Å²) in [6, 6.07) is 27.9. The van der Waals surface area contributed by atoms with Crippen LogP contribution in [0, 0.1) is 0 Å². The second-order valence-corrected chi connectivity index (χ2v) is 6.77. The Balaban J connectivity index is 1.94. The summed E-state index contributed by atoms with van der Waals surface area (Å²) in [7, 11) is 0. The Morgan fingerprint density at radius 2 is 1.36 bits per heavy atom. The maximum atomic E-state index is 13.2. The number of benzene rings is 3. The van der Waals surface area contributed by atoms with Crippen LogP contribution in [-0.4, -0.2) is 5.78 Å². The van der Waals surface area contributed by atoms with Gasteiger partial charge in [0.05, 0.1) is 0 Å². The predicted octanol–water partition coefficient (Wildman–Crippen LogP) is 4.16. The highest BCUT2D eigenvalue weighted by Crippen LogP contribution is 2.28. The lowest BCUT2D eigenvalue weighted by Crippen LogP contribution is -2.48. The molecule has 4 aromatic rings. The molecule has 0 radical (unpaired) electrons. The highest BCUT2D eigenvalue weighted by molar-refractivity contribution is 6.30. The number of hydrogen-bond donors (Lipinski definition) is 1. The SMILES string of the molecule is [NH2+]=c1oc(-c2ccccc2)cc(-c2ccccc2)c1C(=O)c1ccc(Cl)cc1. The Morgan fingerprint density at radius 3 is 1.96 bits per heavy atom. The molecule has 136 valence electrons. The second-order valence-electron chi connectivity index (χ2n) is 6.33. The van der Waals surface area contributed by atoms with Gasteiger partial charge in [0.25, 0.3) is 0 Å². The van der Waals surface area contributed by atoms with Crippen molar-refractivity contribution in [2.75, 3.05) is 0 Å². The van der Waals surface area contributed by atoms with E-state index in [4.69, 9.17) is 21.4 Å². The Labute approximate surface area is 167 Å². The van der Waals surface area contributed by atoms with Crippen LogP contribution in [0.15, 0.2) is 95.4 Å². The fourth-order valence-corrected chi connectivity index (χ4v) is 3.23. The molecule has 0 saturated carbocycles. The van der Waals surface area contributed by atoms with Gasteiger partial charge in [-0.1, -0.05) is 72.3 Å². The van der Waals surface area contributed by atoms with Crippen molar-refractivity contribution in [1.29, 1.82) is 0 Å². The first-order valence-electron chi connectivity index (χ1n) is 8.81. The quantitative estimate of drug-likeness (QED) is 0.535. The van der Waals surface area contributed by atoms with Gasteiger partial charge < -0.3 is 4.42 Å². The average molecular weight is 387 g/mol. The van der Waals surface area contributed by atoms with Crippen LogP contribution in [0.2, 0.25) is 5.02 Å². The normalized spacial score (nSPS) is 10.6. The molecular formula is C24H17ClNO2+. The van der Waals surface area contributed by atoms with Gasteiger partial charge in [-0.05, 0) is 35.9 Å². The van der Waals surface area contributed by atoms with Crippen LogP contribution in [0.3, 0.4) is 0 Å². The summed E-state index contributed by atoms with van der Waals surface area (Å²) >= 11 is 5.95. The molecule has 0 aliphatic carbocycles. The van der Waals surface area contributed by atoms with E-state index in [1.165, 1.54) is 0 Å². The molecular weight excluding hydrogens is 370 g/mol. The maximum absolute atomic E-state index is 13.2. The zero-order valence-electron chi connectivity index (χ0n) is 14.9.